The van der Waals surface area contributed by atoms with Crippen LogP contribution in [-0.4, -0.2) is 58.1 Å². The van der Waals surface area contributed by atoms with Gasteiger partial charge in [0.1, 0.15) is 18.9 Å². The molecule has 1 saturated heterocycles. The molecule has 1 aliphatic heterocycles. The van der Waals surface area contributed by atoms with E-state index < -0.39 is 38.8 Å². The number of nitrogens with zero attached hydrogens (tertiary/aromatic N) is 3. The number of hydrogen-bond acceptors (Lipinski definition) is 11. The molecule has 0 spiro atoms. The molecule has 8 N–H and O–H groups in total. The SMILES string of the molecule is Nc1ccc2ccc3ccc(Nc4nc5c(ncn5[C@H]5C[C@H](O)[C@@H](CO[P+](O)(O)O)O5)c(=O)[nH]4)c4ccc1c2c34. The number of aromatic amines is 1. The fourth-order valence-corrected chi connectivity index (χ4v) is 5.81. The summed E-state index contributed by atoms with van der Waals surface area (Å²) >= 11 is 0. The molecular weight excluding hydrogens is 539 g/mol. The summed E-state index contributed by atoms with van der Waals surface area (Å²) in [5.41, 5.74) is 7.54. The van der Waals surface area contributed by atoms with Crippen molar-refractivity contribution < 1.29 is 29.0 Å². The van der Waals surface area contributed by atoms with Gasteiger partial charge in [-0.2, -0.15) is 24.2 Å². The van der Waals surface area contributed by atoms with Crippen molar-refractivity contribution in [2.45, 2.75) is 24.9 Å². The molecule has 0 bridgehead atoms. The molecule has 1 fully saturated rings. The molecule has 0 amide bonds. The third-order valence-corrected chi connectivity index (χ3v) is 7.81. The summed E-state index contributed by atoms with van der Waals surface area (Å²) in [6.07, 6.45) is -1.25. The van der Waals surface area contributed by atoms with Gasteiger partial charge in [0.25, 0.3) is 5.56 Å². The molecule has 2 aromatic heterocycles. The van der Waals surface area contributed by atoms with E-state index in [4.69, 9.17) is 25.2 Å². The van der Waals surface area contributed by atoms with Gasteiger partial charge in [-0.15, -0.1) is 0 Å². The Morgan fingerprint density at radius 3 is 2.55 bits per heavy atom. The van der Waals surface area contributed by atoms with Gasteiger partial charge in [-0.05, 0) is 33.7 Å². The molecule has 7 rings (SSSR count). The van der Waals surface area contributed by atoms with Gasteiger partial charge < -0.3 is 20.9 Å². The summed E-state index contributed by atoms with van der Waals surface area (Å²) < 4.78 is 11.9. The zero-order valence-corrected chi connectivity index (χ0v) is 21.6. The highest BCUT2D eigenvalue weighted by atomic mass is 31.2. The van der Waals surface area contributed by atoms with E-state index in [0.29, 0.717) is 5.69 Å². The van der Waals surface area contributed by atoms with Crippen LogP contribution in [-0.2, 0) is 9.26 Å². The molecule has 0 saturated carbocycles. The van der Waals surface area contributed by atoms with Crippen molar-refractivity contribution in [1.82, 2.24) is 19.5 Å². The highest BCUT2D eigenvalue weighted by molar-refractivity contribution is 7.53. The van der Waals surface area contributed by atoms with Crippen LogP contribution in [0.15, 0.2) is 59.7 Å². The maximum Gasteiger partial charge on any atom is 0.567 e. The highest BCUT2D eigenvalue weighted by Gasteiger charge is 2.41. The van der Waals surface area contributed by atoms with Crippen LogP contribution in [0.3, 0.4) is 0 Å². The van der Waals surface area contributed by atoms with E-state index >= 15 is 0 Å². The number of rotatable bonds is 6. The van der Waals surface area contributed by atoms with Gasteiger partial charge in [-0.25, -0.2) is 4.98 Å². The second-order valence-corrected chi connectivity index (χ2v) is 11.1. The van der Waals surface area contributed by atoms with Gasteiger partial charge in [0, 0.05) is 28.6 Å². The maximum absolute atomic E-state index is 12.9. The molecule has 0 aliphatic carbocycles. The summed E-state index contributed by atoms with van der Waals surface area (Å²) in [5.74, 6) is 0.183. The third kappa shape index (κ3) is 4.12. The Balaban J connectivity index is 1.26. The lowest BCUT2D eigenvalue weighted by Crippen LogP contribution is -2.26. The van der Waals surface area contributed by atoms with E-state index in [1.165, 1.54) is 10.9 Å². The largest absolute Gasteiger partial charge is 0.567 e. The third-order valence-electron chi connectivity index (χ3n) is 7.31. The van der Waals surface area contributed by atoms with Crippen LogP contribution in [0.5, 0.6) is 0 Å². The predicted octanol–water partition coefficient (Wildman–Crippen LogP) is 2.66. The number of anilines is 3. The average molecular weight is 563 g/mol. The van der Waals surface area contributed by atoms with Crippen molar-refractivity contribution in [3.63, 3.8) is 0 Å². The summed E-state index contributed by atoms with van der Waals surface area (Å²) in [6.45, 7) is -0.442. The number of imidazole rings is 1. The lowest BCUT2D eigenvalue weighted by atomic mass is 9.93. The first-order chi connectivity index (χ1) is 19.2. The van der Waals surface area contributed by atoms with Crippen LogP contribution in [0.4, 0.5) is 17.3 Å². The molecule has 4 aromatic carbocycles. The smallest absolute Gasteiger partial charge is 0.398 e. The second-order valence-electron chi connectivity index (χ2n) is 9.80. The first-order valence-corrected chi connectivity index (χ1v) is 14.0. The van der Waals surface area contributed by atoms with Gasteiger partial charge in [0.05, 0.1) is 12.4 Å². The lowest BCUT2D eigenvalue weighted by Gasteiger charge is -2.16. The zero-order chi connectivity index (χ0) is 27.8. The minimum atomic E-state index is -4.48. The van der Waals surface area contributed by atoms with Gasteiger partial charge in [0.2, 0.25) is 5.95 Å². The van der Waals surface area contributed by atoms with Gasteiger partial charge >= 0.3 is 8.17 Å². The van der Waals surface area contributed by atoms with E-state index in [9.17, 15) is 9.90 Å². The summed E-state index contributed by atoms with van der Waals surface area (Å²) in [5, 5.41) is 19.8. The number of nitrogen functional groups attached to an aromatic ring is 1. The molecule has 14 heteroatoms. The molecule has 40 heavy (non-hydrogen) atoms. The zero-order valence-electron chi connectivity index (χ0n) is 20.7. The number of H-pyrrole nitrogens is 1. The second kappa shape index (κ2) is 9.04. The number of fused-ring (bicyclic) bond motifs is 1. The van der Waals surface area contributed by atoms with Crippen molar-refractivity contribution >= 4 is 69.0 Å². The number of hydrogen-bond donors (Lipinski definition) is 7. The number of aliphatic hydroxyl groups is 1. The number of ether oxygens (including phenoxy) is 1. The first-order valence-electron chi connectivity index (χ1n) is 12.4. The van der Waals surface area contributed by atoms with Gasteiger partial charge in [-0.1, -0.05) is 36.4 Å². The van der Waals surface area contributed by atoms with Crippen LogP contribution in [0, 0.1) is 0 Å². The molecule has 13 nitrogen and oxygen atoms in total. The average Bonchev–Trinajstić information content (AvgIpc) is 3.51. The van der Waals surface area contributed by atoms with E-state index in [1.54, 1.807) is 0 Å². The molecule has 6 aromatic rings. The van der Waals surface area contributed by atoms with Crippen molar-refractivity contribution in [2.24, 2.45) is 0 Å². The first kappa shape index (κ1) is 25.1. The standard InChI is InChI=1S/C26H23N6O7P/c27-16-7-3-12-1-2-13-4-8-17(15-6-5-14(16)21(12)22(13)15)29-26-30-24-23(25(34)31-26)28-11-32(24)20-9-18(33)19(39-20)10-38-40(35,36)37/h1-8,11,18-20,33,35-37H,9-10,27H2,(H-,29,30,31,34)/p+1/t18-,19+,20+/m0/s1. The molecule has 0 radical (unpaired) electrons. The Morgan fingerprint density at radius 1 is 1.07 bits per heavy atom. The van der Waals surface area contributed by atoms with Crippen molar-refractivity contribution in [3.8, 4) is 0 Å². The van der Waals surface area contributed by atoms with Crippen molar-refractivity contribution in [3.05, 3.63) is 65.2 Å². The minimum absolute atomic E-state index is 0.0835. The monoisotopic (exact) mass is 563 g/mol. The van der Waals surface area contributed by atoms with E-state index in [-0.39, 0.29) is 23.5 Å². The molecular formula is C26H24N6O7P+. The molecule has 0 unspecified atom stereocenters. The van der Waals surface area contributed by atoms with Crippen LogP contribution in [0.25, 0.3) is 43.5 Å². The number of nitrogens with one attached hydrogen (secondary N) is 2. The van der Waals surface area contributed by atoms with E-state index in [0.717, 1.165) is 38.0 Å². The fraction of sp³-hybridized carbons (Fsp3) is 0.192. The topological polar surface area (TPSA) is 201 Å². The molecule has 204 valence electrons. The van der Waals surface area contributed by atoms with Crippen LogP contribution in [0.1, 0.15) is 12.6 Å². The van der Waals surface area contributed by atoms with E-state index in [2.05, 4.69) is 36.9 Å². The fourth-order valence-electron chi connectivity index (χ4n) is 5.47. The summed E-state index contributed by atoms with van der Waals surface area (Å²) in [6, 6.07) is 15.9. The maximum atomic E-state index is 12.9. The summed E-state index contributed by atoms with van der Waals surface area (Å²) in [4.78, 5) is 51.7. The van der Waals surface area contributed by atoms with E-state index in [1.807, 2.05) is 36.4 Å². The van der Waals surface area contributed by atoms with Gasteiger partial charge in [0.15, 0.2) is 11.2 Å². The Kier molecular flexibility index (Phi) is 5.67. The molecule has 1 aliphatic rings. The molecule has 3 heterocycles. The summed E-state index contributed by atoms with van der Waals surface area (Å²) in [7, 11) is -4.48. The Labute approximate surface area is 225 Å². The van der Waals surface area contributed by atoms with Crippen molar-refractivity contribution in [1.29, 1.82) is 0 Å². The number of aromatic nitrogens is 4. The van der Waals surface area contributed by atoms with Crippen LogP contribution >= 0.6 is 8.17 Å². The lowest BCUT2D eigenvalue weighted by molar-refractivity contribution is -0.0450. The number of benzene rings is 4. The Morgan fingerprint density at radius 2 is 1.77 bits per heavy atom. The highest BCUT2D eigenvalue weighted by Crippen LogP contribution is 2.46. The normalized spacial score (nSPS) is 19.9. The number of nitrogens with two attached hydrogens (primary N) is 1. The van der Waals surface area contributed by atoms with Gasteiger partial charge in [-0.3, -0.25) is 14.3 Å². The predicted molar refractivity (Wildman–Crippen MR) is 150 cm³/mol. The Bertz CT molecular complexity index is 1970. The quantitative estimate of drug-likeness (QED) is 0.0892. The Hall–Kier alpha value is -3.94. The van der Waals surface area contributed by atoms with Crippen LogP contribution in [0.2, 0.25) is 0 Å². The number of aliphatic hydroxyl groups excluding tert-OH is 1. The van der Waals surface area contributed by atoms with Crippen molar-refractivity contribution in [2.75, 3.05) is 17.7 Å². The molecule has 3 atom stereocenters. The van der Waals surface area contributed by atoms with Crippen LogP contribution < -0.4 is 16.6 Å². The minimum Gasteiger partial charge on any atom is -0.398 e.